The quantitative estimate of drug-likeness (QED) is 0.249. The first kappa shape index (κ1) is 53.3. The third kappa shape index (κ3) is 12.1. The summed E-state index contributed by atoms with van der Waals surface area (Å²) in [4.78, 5) is 0. The van der Waals surface area contributed by atoms with Crippen LogP contribution in [0.2, 0.25) is 0 Å². The fourth-order valence-corrected chi connectivity index (χ4v) is 5.93. The van der Waals surface area contributed by atoms with Crippen LogP contribution in [0, 0.1) is 43.3 Å². The summed E-state index contributed by atoms with van der Waals surface area (Å²) in [6, 6.07) is 0. The van der Waals surface area contributed by atoms with Crippen LogP contribution in [-0.4, -0.2) is 0 Å². The summed E-state index contributed by atoms with van der Waals surface area (Å²) in [5.74, 6) is 0. The summed E-state index contributed by atoms with van der Waals surface area (Å²) in [7, 11) is 9.87. The number of hydrogen-bond donors (Lipinski definition) is 0. The first-order valence-electron chi connectivity index (χ1n) is 13.6. The van der Waals surface area contributed by atoms with Crippen LogP contribution in [-0.2, 0) is 47.1 Å². The Morgan fingerprint density at radius 1 is 0.628 bits per heavy atom. The normalized spacial score (nSPS) is 19.7. The molecule has 0 spiro atoms. The monoisotopic (exact) mass is 820 g/mol. The van der Waals surface area contributed by atoms with Crippen LogP contribution in [0.4, 0.5) is 0 Å². The molecule has 4 rings (SSSR count). The summed E-state index contributed by atoms with van der Waals surface area (Å²) in [6.45, 7) is 34.2. The minimum atomic E-state index is -0.826. The van der Waals surface area contributed by atoms with Gasteiger partial charge in [0.2, 0.25) is 0 Å². The van der Waals surface area contributed by atoms with Gasteiger partial charge in [0.15, 0.2) is 0 Å². The van der Waals surface area contributed by atoms with E-state index < -0.39 is 20.8 Å². The fourth-order valence-electron chi connectivity index (χ4n) is 5.93. The van der Waals surface area contributed by atoms with E-state index in [1.165, 1.54) is 50.2 Å². The average Bonchev–Trinajstić information content (AvgIpc) is 3.54. The number of rotatable bonds is 1. The van der Waals surface area contributed by atoms with Crippen molar-refractivity contribution in [2.75, 3.05) is 0 Å². The molecule has 0 heterocycles. The molecular weight excluding hydrogens is 769 g/mol. The third-order valence-electron chi connectivity index (χ3n) is 9.52. The molecule has 4 aliphatic carbocycles. The third-order valence-corrected chi connectivity index (χ3v) is 9.52. The molecule has 0 N–H and O–H groups in total. The maximum absolute atomic E-state index is 4.93. The SMILES string of the molecule is CC1=C(C)C(C)(C)C(C2=C(C)C(C)=C(C)C2(C)C)=C1C.CC1=[C-]C(C)(C)C(C)=C1C.[C-]1=CC=CC1.[CH3-].[CH3-].[Cl-].[Cl-].[Cl][Zr][Cl].[Zr+3]. The van der Waals surface area contributed by atoms with Gasteiger partial charge in [0.1, 0.15) is 0 Å². The van der Waals surface area contributed by atoms with Gasteiger partial charge in [-0.05, 0) is 75.0 Å². The molecule has 6 heteroatoms. The van der Waals surface area contributed by atoms with Crippen LogP contribution in [0.3, 0.4) is 0 Å². The summed E-state index contributed by atoms with van der Waals surface area (Å²) in [5, 5.41) is 0. The van der Waals surface area contributed by atoms with Crippen LogP contribution < -0.4 is 24.8 Å². The van der Waals surface area contributed by atoms with Crippen molar-refractivity contribution in [1.29, 1.82) is 0 Å². The average molecular weight is 825 g/mol. The Hall–Kier alpha value is 0.846. The van der Waals surface area contributed by atoms with E-state index in [0.717, 1.165) is 6.42 Å². The Bertz CT molecular complexity index is 1110. The van der Waals surface area contributed by atoms with E-state index in [-0.39, 0.29) is 82.1 Å². The zero-order chi connectivity index (χ0) is 29.8. The van der Waals surface area contributed by atoms with E-state index in [0.29, 0.717) is 0 Å². The van der Waals surface area contributed by atoms with Crippen molar-refractivity contribution >= 4 is 17.0 Å². The first-order valence-corrected chi connectivity index (χ1v) is 19.9. The van der Waals surface area contributed by atoms with Crippen molar-refractivity contribution in [3.05, 3.63) is 107 Å². The van der Waals surface area contributed by atoms with Crippen LogP contribution in [0.25, 0.3) is 0 Å². The smallest absolute Gasteiger partial charge is 3.00 e. The van der Waals surface area contributed by atoms with Crippen molar-refractivity contribution in [1.82, 2.24) is 0 Å². The molecule has 0 aliphatic heterocycles. The van der Waals surface area contributed by atoms with Crippen LogP contribution in [0.1, 0.15) is 110 Å². The molecule has 0 amide bonds. The first-order chi connectivity index (χ1) is 17.3. The number of halogens is 4. The second-order valence-electron chi connectivity index (χ2n) is 12.4. The van der Waals surface area contributed by atoms with Gasteiger partial charge >= 0.3 is 64.1 Å². The van der Waals surface area contributed by atoms with E-state index >= 15 is 0 Å². The molecule has 1 radical (unpaired) electrons. The molecule has 43 heavy (non-hydrogen) atoms. The van der Waals surface area contributed by atoms with Gasteiger partial charge in [-0.15, -0.1) is 13.3 Å². The Morgan fingerprint density at radius 2 is 0.977 bits per heavy atom. The van der Waals surface area contributed by atoms with Crippen LogP contribution in [0.5, 0.6) is 0 Å². The van der Waals surface area contributed by atoms with Gasteiger partial charge in [-0.25, -0.2) is 17.7 Å². The maximum atomic E-state index is 4.93. The Balaban J connectivity index is -0.000000177. The van der Waals surface area contributed by atoms with E-state index in [1.807, 2.05) is 12.2 Å². The number of allylic oxidation sites excluding steroid dienone is 16. The molecule has 0 aromatic rings. The maximum Gasteiger partial charge on any atom is 3.00 e. The molecule has 0 unspecified atom stereocenters. The van der Waals surface area contributed by atoms with Gasteiger partial charge in [-0.3, -0.25) is 12.2 Å². The van der Waals surface area contributed by atoms with Crippen molar-refractivity contribution in [3.63, 3.8) is 0 Å². The van der Waals surface area contributed by atoms with E-state index in [9.17, 15) is 0 Å². The molecule has 0 atom stereocenters. The molecule has 0 aromatic carbocycles. The van der Waals surface area contributed by atoms with E-state index in [1.54, 1.807) is 11.1 Å². The van der Waals surface area contributed by atoms with Gasteiger partial charge in [-0.2, -0.15) is 17.2 Å². The van der Waals surface area contributed by atoms with E-state index in [2.05, 4.69) is 122 Å². The summed E-state index contributed by atoms with van der Waals surface area (Å²) < 4.78 is 0. The van der Waals surface area contributed by atoms with E-state index in [4.69, 9.17) is 17.0 Å². The molecule has 0 aromatic heterocycles. The molecule has 0 fully saturated rings. The predicted octanol–water partition coefficient (Wildman–Crippen LogP) is 7.07. The van der Waals surface area contributed by atoms with Crippen molar-refractivity contribution in [2.24, 2.45) is 16.2 Å². The van der Waals surface area contributed by atoms with Gasteiger partial charge in [-0.1, -0.05) is 72.0 Å². The molecule has 0 saturated carbocycles. The molecule has 0 nitrogen and oxygen atoms in total. The fraction of sp³-hybridized carbons (Fsp3) is 0.514. The zero-order valence-corrected chi connectivity index (χ0v) is 37.9. The predicted molar refractivity (Wildman–Crippen MR) is 180 cm³/mol. The van der Waals surface area contributed by atoms with Crippen molar-refractivity contribution in [3.8, 4) is 0 Å². The molecule has 4 aliphatic rings. The molecule has 243 valence electrons. The summed E-state index contributed by atoms with van der Waals surface area (Å²) in [5.41, 5.74) is 16.9. The minimum absolute atomic E-state index is 0. The Labute approximate surface area is 318 Å². The van der Waals surface area contributed by atoms with Gasteiger partial charge in [0.05, 0.1) is 0 Å². The van der Waals surface area contributed by atoms with Gasteiger partial charge in [0.25, 0.3) is 0 Å². The summed E-state index contributed by atoms with van der Waals surface area (Å²) in [6.07, 6.45) is 13.4. The molecule has 0 bridgehead atoms. The van der Waals surface area contributed by atoms with Gasteiger partial charge < -0.3 is 39.7 Å². The molecule has 0 saturated heterocycles. The largest absolute Gasteiger partial charge is 3.00 e. The Morgan fingerprint density at radius 3 is 1.09 bits per heavy atom. The van der Waals surface area contributed by atoms with Crippen LogP contribution in [0.15, 0.2) is 79.5 Å². The van der Waals surface area contributed by atoms with Gasteiger partial charge in [0, 0.05) is 10.8 Å². The van der Waals surface area contributed by atoms with Crippen molar-refractivity contribution in [2.45, 2.75) is 110 Å². The standard InChI is InChI=1S/C20H30.C10H15.C5H5.2CH3.4ClH.2Zr/c1-11-13(3)17(19(7,8)15(11)5)18-14(4)12(2)16(6)20(18,9)10;1-7-6-10(4,5)9(3)8(7)2;1-2-4-5-3-1;;;;;;;;/h1-10H3;1-5H3;1-3H,4H2;2*1H3;4*1H;;/q;4*-1;;;;;+2;+3/p-4. The Kier molecular flexibility index (Phi) is 26.9. The molecular formula is C37H56Cl4Zr2-3. The second kappa shape index (κ2) is 21.7. The summed E-state index contributed by atoms with van der Waals surface area (Å²) >= 11 is -0.826. The zero-order valence-electron chi connectivity index (χ0n) is 30.0. The topological polar surface area (TPSA) is 0 Å². The second-order valence-corrected chi connectivity index (χ2v) is 16.2. The van der Waals surface area contributed by atoms with Crippen molar-refractivity contribution < 1.29 is 71.9 Å². The van der Waals surface area contributed by atoms with Crippen LogP contribution >= 0.6 is 17.0 Å². The minimum Gasteiger partial charge on any atom is 3.00 e. The number of hydrogen-bond acceptors (Lipinski definition) is 0.